The second-order valence-electron chi connectivity index (χ2n) is 17.9. The maximum Gasteiger partial charge on any atom is 0.198 e. The monoisotopic (exact) mass is 798 g/mol. The number of unbranched alkanes of at least 4 members (excludes halogenated alkanes) is 7. The summed E-state index contributed by atoms with van der Waals surface area (Å²) >= 11 is 0. The molecule has 2 N–H and O–H groups in total. The lowest BCUT2D eigenvalue weighted by Crippen LogP contribution is -2.21. The molecule has 0 saturated heterocycles. The number of hydrogen-bond donors (Lipinski definition) is 2. The van der Waals surface area contributed by atoms with Gasteiger partial charge in [0.15, 0.2) is 23.1 Å². The lowest BCUT2D eigenvalue weighted by Gasteiger charge is -2.29. The van der Waals surface area contributed by atoms with Gasteiger partial charge in [-0.2, -0.15) is 0 Å². The van der Waals surface area contributed by atoms with Crippen LogP contribution >= 0.6 is 0 Å². The maximum atomic E-state index is 14.0. The first-order chi connectivity index (χ1) is 28.8. The number of phenolic OH excluding ortho intramolecular Hbond substituents is 2. The van der Waals surface area contributed by atoms with E-state index in [1.807, 2.05) is 24.3 Å². The van der Waals surface area contributed by atoms with E-state index in [1.165, 1.54) is 128 Å². The first-order valence-electron chi connectivity index (χ1n) is 23.0. The van der Waals surface area contributed by atoms with Gasteiger partial charge in [0.05, 0.1) is 24.8 Å². The zero-order valence-corrected chi connectivity index (χ0v) is 35.8. The number of fused-ring (bicyclic) bond motifs is 2. The standard InChI is InChI=1S/C53H66O6/c1-4-6-8-9-10-12-14-36-19-21-38(22-20-36)39-23-25-40(26-24-39)42-28-30-44-48(50(42)54)52(56)45-31-29-43(51(55)49(45)53(44)57)41-27-32-46(47(33-41)58-3)59-34-37-17-15-35(16-18-37)13-11-7-5-2/h23-33,35-38,54-55H,4-22,34H2,1-3H3. The van der Waals surface area contributed by atoms with Crippen LogP contribution in [0.4, 0.5) is 0 Å². The van der Waals surface area contributed by atoms with E-state index in [9.17, 15) is 19.8 Å². The third kappa shape index (κ3) is 9.74. The number of carbonyl (C=O) groups excluding carboxylic acids is 2. The zero-order chi connectivity index (χ0) is 41.3. The predicted octanol–water partition coefficient (Wildman–Crippen LogP) is 14.0. The van der Waals surface area contributed by atoms with E-state index in [2.05, 4.69) is 26.0 Å². The molecular weight excluding hydrogens is 733 g/mol. The molecule has 0 spiro atoms. The minimum Gasteiger partial charge on any atom is -0.507 e. The van der Waals surface area contributed by atoms with E-state index < -0.39 is 11.6 Å². The average molecular weight is 799 g/mol. The van der Waals surface area contributed by atoms with E-state index in [1.54, 1.807) is 37.4 Å². The molecule has 0 unspecified atom stereocenters. The second kappa shape index (κ2) is 20.1. The molecule has 4 aromatic carbocycles. The molecular formula is C53H66O6. The fourth-order valence-corrected chi connectivity index (χ4v) is 10.2. The Hall–Kier alpha value is -4.58. The van der Waals surface area contributed by atoms with Crippen LogP contribution in [0.1, 0.15) is 179 Å². The molecule has 4 aromatic rings. The molecule has 7 rings (SSSR count). The molecule has 0 aromatic heterocycles. The van der Waals surface area contributed by atoms with Crippen LogP contribution in [0.3, 0.4) is 0 Å². The topological polar surface area (TPSA) is 93.1 Å². The van der Waals surface area contributed by atoms with Crippen molar-refractivity contribution in [2.24, 2.45) is 17.8 Å². The molecule has 2 fully saturated rings. The summed E-state index contributed by atoms with van der Waals surface area (Å²) in [7, 11) is 1.59. The number of methoxy groups -OCH3 is 1. The van der Waals surface area contributed by atoms with Crippen molar-refractivity contribution in [1.29, 1.82) is 0 Å². The molecule has 59 heavy (non-hydrogen) atoms. The van der Waals surface area contributed by atoms with Gasteiger partial charge in [0.25, 0.3) is 0 Å². The number of carbonyl (C=O) groups is 2. The molecule has 0 radical (unpaired) electrons. The van der Waals surface area contributed by atoms with Gasteiger partial charge in [-0.1, -0.05) is 128 Å². The second-order valence-corrected chi connectivity index (χ2v) is 17.9. The summed E-state index contributed by atoms with van der Waals surface area (Å²) in [6.45, 7) is 5.16. The number of ether oxygens (including phenoxy) is 2. The van der Waals surface area contributed by atoms with Gasteiger partial charge in [-0.25, -0.2) is 0 Å². The highest BCUT2D eigenvalue weighted by atomic mass is 16.5. The van der Waals surface area contributed by atoms with Crippen LogP contribution in [0.15, 0.2) is 66.7 Å². The minimum absolute atomic E-state index is 0.0203. The summed E-state index contributed by atoms with van der Waals surface area (Å²) in [5.41, 5.74) is 3.75. The number of phenols is 2. The van der Waals surface area contributed by atoms with Crippen molar-refractivity contribution in [3.63, 3.8) is 0 Å². The summed E-state index contributed by atoms with van der Waals surface area (Å²) < 4.78 is 12.0. The molecule has 2 saturated carbocycles. The number of hydrogen-bond acceptors (Lipinski definition) is 6. The van der Waals surface area contributed by atoms with Gasteiger partial charge in [-0.3, -0.25) is 9.59 Å². The highest BCUT2D eigenvalue weighted by Crippen LogP contribution is 2.46. The maximum absolute atomic E-state index is 14.0. The van der Waals surface area contributed by atoms with Crippen molar-refractivity contribution >= 4 is 11.6 Å². The Kier molecular flexibility index (Phi) is 14.5. The number of benzene rings is 4. The molecule has 0 bridgehead atoms. The SMILES string of the molecule is CCCCCCCCC1CCC(c2ccc(-c3ccc4c(c3O)C(=O)c3ccc(-c5ccc(OCC6CCC(CCCCC)CC6)c(OC)c5)c(O)c3C4=O)cc2)CC1. The Balaban J connectivity index is 1.00. The summed E-state index contributed by atoms with van der Waals surface area (Å²) in [5.74, 6) is 2.48. The van der Waals surface area contributed by atoms with Crippen LogP contribution < -0.4 is 9.47 Å². The predicted molar refractivity (Wildman–Crippen MR) is 238 cm³/mol. The Bertz CT molecular complexity index is 2050. The van der Waals surface area contributed by atoms with Crippen molar-refractivity contribution < 1.29 is 29.3 Å². The van der Waals surface area contributed by atoms with Gasteiger partial charge in [0, 0.05) is 22.3 Å². The quantitative estimate of drug-likeness (QED) is 0.0858. The largest absolute Gasteiger partial charge is 0.507 e. The zero-order valence-electron chi connectivity index (χ0n) is 35.8. The molecule has 0 atom stereocenters. The molecule has 0 heterocycles. The molecule has 314 valence electrons. The van der Waals surface area contributed by atoms with Gasteiger partial charge >= 0.3 is 0 Å². The Morgan fingerprint density at radius 1 is 0.525 bits per heavy atom. The molecule has 0 aliphatic heterocycles. The first-order valence-corrected chi connectivity index (χ1v) is 23.0. The van der Waals surface area contributed by atoms with E-state index in [0.717, 1.165) is 17.4 Å². The Labute approximate surface area is 352 Å². The summed E-state index contributed by atoms with van der Waals surface area (Å²) in [5, 5.41) is 23.2. The van der Waals surface area contributed by atoms with Crippen LogP contribution in [0.2, 0.25) is 0 Å². The summed E-state index contributed by atoms with van der Waals surface area (Å²) in [6, 6.07) is 20.4. The Morgan fingerprint density at radius 3 is 1.59 bits per heavy atom. The van der Waals surface area contributed by atoms with Gasteiger partial charge < -0.3 is 19.7 Å². The fourth-order valence-electron chi connectivity index (χ4n) is 10.2. The molecule has 0 amide bonds. The molecule has 3 aliphatic carbocycles. The molecule has 6 heteroatoms. The van der Waals surface area contributed by atoms with E-state index in [0.29, 0.717) is 46.6 Å². The van der Waals surface area contributed by atoms with E-state index in [4.69, 9.17) is 9.47 Å². The van der Waals surface area contributed by atoms with Crippen molar-refractivity contribution in [2.45, 2.75) is 142 Å². The van der Waals surface area contributed by atoms with Gasteiger partial charge in [0.1, 0.15) is 11.5 Å². The third-order valence-electron chi connectivity index (χ3n) is 13.9. The van der Waals surface area contributed by atoms with Crippen molar-refractivity contribution in [3.8, 4) is 45.3 Å². The van der Waals surface area contributed by atoms with Gasteiger partial charge in [-0.05, 0) is 115 Å². The number of ketones is 2. The first kappa shape index (κ1) is 42.5. The Morgan fingerprint density at radius 2 is 1.00 bits per heavy atom. The molecule has 3 aliphatic rings. The smallest absolute Gasteiger partial charge is 0.198 e. The van der Waals surface area contributed by atoms with Crippen molar-refractivity contribution in [2.75, 3.05) is 13.7 Å². The fraction of sp³-hybridized carbons (Fsp3) is 0.509. The highest BCUT2D eigenvalue weighted by Gasteiger charge is 2.36. The van der Waals surface area contributed by atoms with Gasteiger partial charge in [0.2, 0.25) is 0 Å². The normalized spacial score (nSPS) is 20.3. The molecule has 6 nitrogen and oxygen atoms in total. The van der Waals surface area contributed by atoms with Crippen LogP contribution in [0, 0.1) is 17.8 Å². The minimum atomic E-state index is -0.495. The van der Waals surface area contributed by atoms with Crippen LogP contribution in [-0.2, 0) is 0 Å². The third-order valence-corrected chi connectivity index (χ3v) is 13.9. The van der Waals surface area contributed by atoms with Crippen LogP contribution in [0.5, 0.6) is 23.0 Å². The van der Waals surface area contributed by atoms with Crippen molar-refractivity contribution in [1.82, 2.24) is 0 Å². The number of rotatable bonds is 18. The van der Waals surface area contributed by atoms with Crippen molar-refractivity contribution in [3.05, 3.63) is 94.5 Å². The van der Waals surface area contributed by atoms with E-state index in [-0.39, 0.29) is 33.8 Å². The van der Waals surface area contributed by atoms with Crippen LogP contribution in [-0.4, -0.2) is 35.5 Å². The lowest BCUT2D eigenvalue weighted by molar-refractivity contribution is 0.0974. The lowest BCUT2D eigenvalue weighted by atomic mass is 9.76. The summed E-state index contributed by atoms with van der Waals surface area (Å²) in [6.07, 6.45) is 24.7. The highest BCUT2D eigenvalue weighted by molar-refractivity contribution is 6.31. The average Bonchev–Trinajstić information content (AvgIpc) is 3.26. The number of aromatic hydroxyl groups is 2. The summed E-state index contributed by atoms with van der Waals surface area (Å²) in [4.78, 5) is 28.1. The van der Waals surface area contributed by atoms with Crippen LogP contribution in [0.25, 0.3) is 22.3 Å². The van der Waals surface area contributed by atoms with E-state index >= 15 is 0 Å². The van der Waals surface area contributed by atoms with Gasteiger partial charge in [-0.15, -0.1) is 0 Å².